The zero-order valence-electron chi connectivity index (χ0n) is 9.07. The Hall–Kier alpha value is -0.440. The third-order valence-corrected chi connectivity index (χ3v) is 2.08. The molecule has 0 unspecified atom stereocenters. The first-order valence-electron chi connectivity index (χ1n) is 5.66. The summed E-state index contributed by atoms with van der Waals surface area (Å²) < 4.78 is 0. The van der Waals surface area contributed by atoms with Gasteiger partial charge in [0.15, 0.2) is 0 Å². The molecule has 0 nitrogen and oxygen atoms in total. The molecule has 0 saturated carbocycles. The van der Waals surface area contributed by atoms with Crippen molar-refractivity contribution in [3.05, 3.63) is 6.92 Å². The highest BCUT2D eigenvalue weighted by Gasteiger charge is 1.87. The van der Waals surface area contributed by atoms with Gasteiger partial charge in [0.05, 0.1) is 0 Å². The highest BCUT2D eigenvalue weighted by atomic mass is 13.9. The average molecular weight is 179 g/mol. The lowest BCUT2D eigenvalue weighted by Crippen LogP contribution is -1.77. The second-order valence-electron chi connectivity index (χ2n) is 3.47. The van der Waals surface area contributed by atoms with Crippen LogP contribution in [-0.4, -0.2) is 0 Å². The molecular weight excluding hydrogens is 156 g/mol. The summed E-state index contributed by atoms with van der Waals surface area (Å²) in [7, 11) is 0. The molecule has 1 radical (unpaired) electrons. The van der Waals surface area contributed by atoms with Crippen LogP contribution in [0.5, 0.6) is 0 Å². The molecule has 75 valence electrons. The highest BCUT2D eigenvalue weighted by Crippen LogP contribution is 2.06. The van der Waals surface area contributed by atoms with Gasteiger partial charge >= 0.3 is 0 Å². The van der Waals surface area contributed by atoms with Gasteiger partial charge in [0.1, 0.15) is 0 Å². The maximum Gasteiger partial charge on any atom is 0.00886 e. The molecule has 0 heterocycles. The van der Waals surface area contributed by atoms with Crippen molar-refractivity contribution in [3.63, 3.8) is 0 Å². The number of hydrogen-bond acceptors (Lipinski definition) is 0. The quantitative estimate of drug-likeness (QED) is 0.402. The molecule has 0 amide bonds. The normalized spacial score (nSPS) is 9.38. The zero-order valence-corrected chi connectivity index (χ0v) is 9.07. The third kappa shape index (κ3) is 11.6. The van der Waals surface area contributed by atoms with Gasteiger partial charge in [-0.25, -0.2) is 0 Å². The first-order valence-corrected chi connectivity index (χ1v) is 5.66. The highest BCUT2D eigenvalue weighted by molar-refractivity contribution is 4.98. The van der Waals surface area contributed by atoms with E-state index < -0.39 is 0 Å². The van der Waals surface area contributed by atoms with Crippen molar-refractivity contribution in [2.24, 2.45) is 0 Å². The van der Waals surface area contributed by atoms with Crippen molar-refractivity contribution in [1.82, 2.24) is 0 Å². The summed E-state index contributed by atoms with van der Waals surface area (Å²) in [5.41, 5.74) is 0. The SMILES string of the molecule is [CH2]CCC#CCCCCCCCC. The summed E-state index contributed by atoms with van der Waals surface area (Å²) in [6, 6.07) is 0. The Labute approximate surface area is 84.1 Å². The molecule has 0 saturated heterocycles. The first-order chi connectivity index (χ1) is 6.41. The molecule has 0 aliphatic rings. The molecule has 0 aliphatic carbocycles. The van der Waals surface area contributed by atoms with Crippen LogP contribution in [0.15, 0.2) is 0 Å². The minimum atomic E-state index is 0.948. The Morgan fingerprint density at radius 2 is 1.46 bits per heavy atom. The summed E-state index contributed by atoms with van der Waals surface area (Å²) in [4.78, 5) is 0. The second kappa shape index (κ2) is 11.6. The maximum absolute atomic E-state index is 3.75. The number of unbranched alkanes of at least 4 members (excludes halogenated alkanes) is 7. The van der Waals surface area contributed by atoms with E-state index in [-0.39, 0.29) is 0 Å². The Kier molecular flexibility index (Phi) is 11.2. The van der Waals surface area contributed by atoms with Gasteiger partial charge in [-0.05, 0) is 12.8 Å². The van der Waals surface area contributed by atoms with E-state index in [0.29, 0.717) is 0 Å². The monoisotopic (exact) mass is 179 g/mol. The van der Waals surface area contributed by atoms with Crippen molar-refractivity contribution in [3.8, 4) is 11.8 Å². The van der Waals surface area contributed by atoms with E-state index in [1.54, 1.807) is 0 Å². The molecule has 0 rings (SSSR count). The lowest BCUT2D eigenvalue weighted by Gasteiger charge is -1.96. The van der Waals surface area contributed by atoms with Crippen molar-refractivity contribution < 1.29 is 0 Å². The molecule has 0 atom stereocenters. The molecule has 0 aromatic carbocycles. The van der Waals surface area contributed by atoms with Gasteiger partial charge in [0, 0.05) is 12.8 Å². The maximum atomic E-state index is 3.75. The lowest BCUT2D eigenvalue weighted by molar-refractivity contribution is 0.614. The minimum absolute atomic E-state index is 0.948. The number of hydrogen-bond donors (Lipinski definition) is 0. The summed E-state index contributed by atoms with van der Waals surface area (Å²) in [5.74, 6) is 6.31. The van der Waals surface area contributed by atoms with Gasteiger partial charge < -0.3 is 0 Å². The van der Waals surface area contributed by atoms with Gasteiger partial charge in [-0.1, -0.05) is 46.0 Å². The van der Waals surface area contributed by atoms with Crippen LogP contribution in [0.4, 0.5) is 0 Å². The lowest BCUT2D eigenvalue weighted by atomic mass is 10.1. The van der Waals surface area contributed by atoms with Crippen LogP contribution in [0.3, 0.4) is 0 Å². The molecule has 0 N–H and O–H groups in total. The van der Waals surface area contributed by atoms with Crippen LogP contribution in [0, 0.1) is 18.8 Å². The van der Waals surface area contributed by atoms with Gasteiger partial charge in [-0.15, -0.1) is 11.8 Å². The van der Waals surface area contributed by atoms with Gasteiger partial charge in [0.2, 0.25) is 0 Å². The van der Waals surface area contributed by atoms with E-state index in [2.05, 4.69) is 25.7 Å². The molecule has 0 aromatic rings. The summed E-state index contributed by atoms with van der Waals surface area (Å²) in [6.07, 6.45) is 11.2. The largest absolute Gasteiger partial charge is 0.103 e. The molecule has 0 spiro atoms. The van der Waals surface area contributed by atoms with Crippen molar-refractivity contribution in [2.75, 3.05) is 0 Å². The predicted molar refractivity (Wildman–Crippen MR) is 60.4 cm³/mol. The third-order valence-electron chi connectivity index (χ3n) is 2.08. The van der Waals surface area contributed by atoms with Crippen molar-refractivity contribution >= 4 is 0 Å². The van der Waals surface area contributed by atoms with Gasteiger partial charge in [-0.3, -0.25) is 0 Å². The summed E-state index contributed by atoms with van der Waals surface area (Å²) in [6.45, 7) is 6.01. The van der Waals surface area contributed by atoms with Crippen LogP contribution in [0.1, 0.15) is 64.7 Å². The smallest absolute Gasteiger partial charge is 0.00886 e. The molecule has 0 fully saturated rings. The van der Waals surface area contributed by atoms with Gasteiger partial charge in [-0.2, -0.15) is 0 Å². The molecule has 0 bridgehead atoms. The fourth-order valence-corrected chi connectivity index (χ4v) is 1.26. The summed E-state index contributed by atoms with van der Waals surface area (Å²) >= 11 is 0. The minimum Gasteiger partial charge on any atom is -0.103 e. The van der Waals surface area contributed by atoms with Gasteiger partial charge in [0.25, 0.3) is 0 Å². The van der Waals surface area contributed by atoms with Crippen LogP contribution in [-0.2, 0) is 0 Å². The predicted octanol–water partition coefficient (Wildman–Crippen LogP) is 4.35. The van der Waals surface area contributed by atoms with Crippen LogP contribution in [0.25, 0.3) is 0 Å². The molecule has 0 aromatic heterocycles. The van der Waals surface area contributed by atoms with E-state index in [1.807, 2.05) is 0 Å². The van der Waals surface area contributed by atoms with Crippen LogP contribution in [0.2, 0.25) is 0 Å². The van der Waals surface area contributed by atoms with E-state index in [4.69, 9.17) is 0 Å². The van der Waals surface area contributed by atoms with Crippen LogP contribution >= 0.6 is 0 Å². The average Bonchev–Trinajstić information content (AvgIpc) is 2.16. The number of rotatable bonds is 7. The summed E-state index contributed by atoms with van der Waals surface area (Å²) in [5, 5.41) is 0. The topological polar surface area (TPSA) is 0 Å². The zero-order chi connectivity index (χ0) is 9.78. The van der Waals surface area contributed by atoms with E-state index in [1.165, 1.54) is 38.5 Å². The first kappa shape index (κ1) is 12.6. The molecule has 0 aliphatic heterocycles. The Morgan fingerprint density at radius 1 is 0.846 bits per heavy atom. The Balaban J connectivity index is 2.96. The second-order valence-corrected chi connectivity index (χ2v) is 3.47. The Bertz CT molecular complexity index is 136. The molecule has 0 heteroatoms. The standard InChI is InChI=1S/C13H23/c1-3-5-7-9-11-13-12-10-8-6-4-2/h1,3-6,8,10-13H2,2H3. The fourth-order valence-electron chi connectivity index (χ4n) is 1.26. The van der Waals surface area contributed by atoms with E-state index >= 15 is 0 Å². The van der Waals surface area contributed by atoms with Crippen molar-refractivity contribution in [2.45, 2.75) is 64.7 Å². The van der Waals surface area contributed by atoms with Crippen LogP contribution < -0.4 is 0 Å². The fraction of sp³-hybridized carbons (Fsp3) is 0.769. The molecular formula is C13H23. The Morgan fingerprint density at radius 3 is 2.15 bits per heavy atom. The molecule has 13 heavy (non-hydrogen) atoms. The van der Waals surface area contributed by atoms with Crippen molar-refractivity contribution in [1.29, 1.82) is 0 Å². The van der Waals surface area contributed by atoms with E-state index in [0.717, 1.165) is 19.3 Å². The van der Waals surface area contributed by atoms with E-state index in [9.17, 15) is 0 Å².